The van der Waals surface area contributed by atoms with Gasteiger partial charge in [0.15, 0.2) is 0 Å². The maximum absolute atomic E-state index is 3.40. The summed E-state index contributed by atoms with van der Waals surface area (Å²) in [5, 5.41) is 0. The summed E-state index contributed by atoms with van der Waals surface area (Å²) < 4.78 is 0. The molecular weight excluding hydrogens is 282 g/mol. The van der Waals surface area contributed by atoms with Crippen molar-refractivity contribution in [3.8, 4) is 0 Å². The van der Waals surface area contributed by atoms with Crippen LogP contribution in [0.3, 0.4) is 0 Å². The normalized spacial score (nSPS) is 13.9. The van der Waals surface area contributed by atoms with Gasteiger partial charge in [0.05, 0.1) is 0 Å². The summed E-state index contributed by atoms with van der Waals surface area (Å²) in [6.45, 7) is 6.57. The van der Waals surface area contributed by atoms with Crippen molar-refractivity contribution < 1.29 is 51.0 Å². The molecule has 0 bridgehead atoms. The molecule has 0 N–H and O–H groups in total. The van der Waals surface area contributed by atoms with E-state index in [0.717, 1.165) is 0 Å². The topological polar surface area (TPSA) is 0 Å². The molecule has 0 nitrogen and oxygen atoms in total. The Morgan fingerprint density at radius 3 is 2.08 bits per heavy atom. The second-order valence-electron chi connectivity index (χ2n) is 3.06. The first kappa shape index (κ1) is 19.5. The molecule has 0 aromatic rings. The molecule has 1 aliphatic rings. The molecule has 0 spiro atoms. The van der Waals surface area contributed by atoms with E-state index in [1.54, 1.807) is 0 Å². The van der Waals surface area contributed by atoms with E-state index < -0.39 is 0 Å². The molecule has 1 rings (SSSR count). The fraction of sp³-hybridized carbons (Fsp3) is 0.600. The van der Waals surface area contributed by atoms with E-state index in [4.69, 9.17) is 0 Å². The Balaban J connectivity index is -0.000000333. The van der Waals surface area contributed by atoms with Gasteiger partial charge in [0, 0.05) is 0 Å². The van der Waals surface area contributed by atoms with E-state index in [1.165, 1.54) is 36.0 Å². The van der Waals surface area contributed by atoms with E-state index in [9.17, 15) is 0 Å². The van der Waals surface area contributed by atoms with Gasteiger partial charge in [-0.25, -0.2) is 17.2 Å². The Bertz CT molecular complexity index is 195. The van der Waals surface area contributed by atoms with Gasteiger partial charge in [0.25, 0.3) is 0 Å². The largest absolute Gasteiger partial charge is 3.00 e. The third-order valence-corrected chi connectivity index (χ3v) is 2.03. The van der Waals surface area contributed by atoms with Crippen molar-refractivity contribution in [2.24, 2.45) is 0 Å². The summed E-state index contributed by atoms with van der Waals surface area (Å²) in [4.78, 5) is 0. The van der Waals surface area contributed by atoms with Crippen LogP contribution in [0.15, 0.2) is 16.7 Å². The summed E-state index contributed by atoms with van der Waals surface area (Å²) in [5.74, 6) is 0. The SMILES string of the molecule is CCCC1=[C-]C(C)=C(C)C1.[Cl-].[Cl-].[Zr+3]. The minimum atomic E-state index is 0. The first-order valence-electron chi connectivity index (χ1n) is 4.02. The van der Waals surface area contributed by atoms with E-state index >= 15 is 0 Å². The van der Waals surface area contributed by atoms with Crippen LogP contribution >= 0.6 is 0 Å². The number of allylic oxidation sites excluding steroid dienone is 4. The molecule has 0 unspecified atom stereocenters. The molecule has 0 aliphatic heterocycles. The number of hydrogen-bond donors (Lipinski definition) is 0. The predicted octanol–water partition coefficient (Wildman–Crippen LogP) is -2.74. The van der Waals surface area contributed by atoms with Crippen LogP contribution in [0.4, 0.5) is 0 Å². The molecule has 0 heterocycles. The molecule has 1 radical (unpaired) electrons. The fourth-order valence-electron chi connectivity index (χ4n) is 1.32. The van der Waals surface area contributed by atoms with Gasteiger partial charge >= 0.3 is 26.2 Å². The van der Waals surface area contributed by atoms with Crippen LogP contribution in [0.1, 0.15) is 40.0 Å². The van der Waals surface area contributed by atoms with Gasteiger partial charge in [-0.3, -0.25) is 0 Å². The molecule has 3 heteroatoms. The smallest absolute Gasteiger partial charge is 1.00 e. The summed E-state index contributed by atoms with van der Waals surface area (Å²) in [7, 11) is 0. The summed E-state index contributed by atoms with van der Waals surface area (Å²) in [6.07, 6.45) is 7.06. The van der Waals surface area contributed by atoms with E-state index in [1.807, 2.05) is 0 Å². The monoisotopic (exact) mass is 295 g/mol. The van der Waals surface area contributed by atoms with Gasteiger partial charge in [-0.15, -0.1) is 6.92 Å². The standard InChI is InChI=1S/C10H15.2ClH.Zr/c1-4-5-10-6-8(2)9(3)7-10;;;/h4-6H2,1-3H3;2*1H;/q-1;;;+3/p-2. The van der Waals surface area contributed by atoms with Crippen LogP contribution in [0.2, 0.25) is 0 Å². The zero-order valence-corrected chi connectivity index (χ0v) is 12.3. The van der Waals surface area contributed by atoms with E-state index in [0.29, 0.717) is 0 Å². The van der Waals surface area contributed by atoms with Crippen molar-refractivity contribution in [2.75, 3.05) is 0 Å². The second-order valence-corrected chi connectivity index (χ2v) is 3.06. The number of rotatable bonds is 2. The maximum Gasteiger partial charge on any atom is 3.00 e. The average molecular weight is 297 g/mol. The molecule has 0 atom stereocenters. The first-order valence-corrected chi connectivity index (χ1v) is 4.02. The van der Waals surface area contributed by atoms with Gasteiger partial charge in [-0.05, 0) is 0 Å². The Kier molecular flexibility index (Phi) is 14.2. The summed E-state index contributed by atoms with van der Waals surface area (Å²) >= 11 is 0. The Morgan fingerprint density at radius 1 is 1.23 bits per heavy atom. The molecule has 13 heavy (non-hydrogen) atoms. The fourth-order valence-corrected chi connectivity index (χ4v) is 1.32. The van der Waals surface area contributed by atoms with Crippen LogP contribution in [0, 0.1) is 6.08 Å². The predicted molar refractivity (Wildman–Crippen MR) is 44.7 cm³/mol. The molecule has 1 aliphatic carbocycles. The number of hydrogen-bond acceptors (Lipinski definition) is 0. The summed E-state index contributed by atoms with van der Waals surface area (Å²) in [5.41, 5.74) is 4.37. The van der Waals surface area contributed by atoms with Crippen LogP contribution < -0.4 is 24.8 Å². The molecule has 0 fully saturated rings. The maximum atomic E-state index is 3.40. The van der Waals surface area contributed by atoms with Crippen LogP contribution in [-0.2, 0) is 26.2 Å². The van der Waals surface area contributed by atoms with E-state index in [-0.39, 0.29) is 51.0 Å². The molecule has 0 saturated heterocycles. The van der Waals surface area contributed by atoms with Crippen LogP contribution in [0.5, 0.6) is 0 Å². The van der Waals surface area contributed by atoms with Crippen LogP contribution in [-0.4, -0.2) is 0 Å². The van der Waals surface area contributed by atoms with Gasteiger partial charge in [0.1, 0.15) is 0 Å². The molecule has 0 saturated carbocycles. The Morgan fingerprint density at radius 2 is 1.77 bits per heavy atom. The molecular formula is C10H15Cl2Zr. The van der Waals surface area contributed by atoms with Gasteiger partial charge in [0.2, 0.25) is 0 Å². The molecule has 0 aromatic carbocycles. The van der Waals surface area contributed by atoms with Crippen molar-refractivity contribution in [1.29, 1.82) is 0 Å². The van der Waals surface area contributed by atoms with Gasteiger partial charge in [-0.2, -0.15) is 5.57 Å². The zero-order chi connectivity index (χ0) is 7.56. The minimum Gasteiger partial charge on any atom is -1.00 e. The van der Waals surface area contributed by atoms with Crippen molar-refractivity contribution in [3.63, 3.8) is 0 Å². The third-order valence-electron chi connectivity index (χ3n) is 2.03. The first-order chi connectivity index (χ1) is 4.74. The molecule has 0 amide bonds. The average Bonchev–Trinajstić information content (AvgIpc) is 2.14. The number of halogens is 2. The Labute approximate surface area is 113 Å². The third kappa shape index (κ3) is 6.10. The molecule has 73 valence electrons. The van der Waals surface area contributed by atoms with Gasteiger partial charge < -0.3 is 24.8 Å². The van der Waals surface area contributed by atoms with Crippen LogP contribution in [0.25, 0.3) is 0 Å². The summed E-state index contributed by atoms with van der Waals surface area (Å²) in [6, 6.07) is 0. The van der Waals surface area contributed by atoms with Crippen molar-refractivity contribution >= 4 is 0 Å². The van der Waals surface area contributed by atoms with Crippen molar-refractivity contribution in [3.05, 3.63) is 22.8 Å². The van der Waals surface area contributed by atoms with Crippen molar-refractivity contribution in [1.82, 2.24) is 0 Å². The molecule has 0 aromatic heterocycles. The second kappa shape index (κ2) is 9.50. The van der Waals surface area contributed by atoms with E-state index in [2.05, 4.69) is 26.8 Å². The van der Waals surface area contributed by atoms with Crippen molar-refractivity contribution in [2.45, 2.75) is 40.0 Å². The zero-order valence-electron chi connectivity index (χ0n) is 8.38. The minimum absolute atomic E-state index is 0. The quantitative estimate of drug-likeness (QED) is 0.485. The Hall–Kier alpha value is 0.943. The van der Waals surface area contributed by atoms with Gasteiger partial charge in [-0.1, -0.05) is 33.1 Å².